The minimum absolute atomic E-state index is 0.0615. The SMILES string of the molecule is CCCNc1cc([N+](=O)[O-])cc(Oc2cccc(Br)c2)n1. The lowest BCUT2D eigenvalue weighted by Crippen LogP contribution is -2.03. The number of anilines is 1. The van der Waals surface area contributed by atoms with Gasteiger partial charge in [-0.1, -0.05) is 28.9 Å². The van der Waals surface area contributed by atoms with Crippen molar-refractivity contribution in [2.75, 3.05) is 11.9 Å². The first kappa shape index (κ1) is 15.2. The Bertz CT molecular complexity index is 649. The normalized spacial score (nSPS) is 10.2. The zero-order chi connectivity index (χ0) is 15.2. The second kappa shape index (κ2) is 7.03. The highest BCUT2D eigenvalue weighted by Crippen LogP contribution is 2.27. The molecule has 0 bridgehead atoms. The first-order valence-corrected chi connectivity index (χ1v) is 7.21. The van der Waals surface area contributed by atoms with E-state index >= 15 is 0 Å². The standard InChI is InChI=1S/C14H14BrN3O3/c1-2-6-16-13-8-11(18(19)20)9-14(17-13)21-12-5-3-4-10(15)7-12/h3-5,7-9H,2,6H2,1H3,(H,16,17). The summed E-state index contributed by atoms with van der Waals surface area (Å²) in [5, 5.41) is 14.0. The number of aromatic nitrogens is 1. The van der Waals surface area contributed by atoms with Crippen molar-refractivity contribution in [3.05, 3.63) is 51.0 Å². The Morgan fingerprint density at radius 3 is 2.86 bits per heavy atom. The molecule has 0 aliphatic rings. The average Bonchev–Trinajstić information content (AvgIpc) is 2.45. The minimum atomic E-state index is -0.466. The Kier molecular flexibility index (Phi) is 5.10. The molecule has 2 rings (SSSR count). The lowest BCUT2D eigenvalue weighted by Gasteiger charge is -2.08. The summed E-state index contributed by atoms with van der Waals surface area (Å²) < 4.78 is 6.44. The Balaban J connectivity index is 2.28. The third-order valence-electron chi connectivity index (χ3n) is 2.57. The topological polar surface area (TPSA) is 77.3 Å². The lowest BCUT2D eigenvalue weighted by molar-refractivity contribution is -0.384. The van der Waals surface area contributed by atoms with E-state index in [1.807, 2.05) is 19.1 Å². The van der Waals surface area contributed by atoms with Gasteiger partial charge in [0.15, 0.2) is 0 Å². The number of nitrogens with zero attached hydrogens (tertiary/aromatic N) is 2. The lowest BCUT2D eigenvalue weighted by atomic mass is 10.3. The van der Waals surface area contributed by atoms with Gasteiger partial charge in [-0.05, 0) is 24.6 Å². The molecule has 1 heterocycles. The molecule has 0 fully saturated rings. The Hall–Kier alpha value is -2.15. The second-order valence-corrected chi connectivity index (χ2v) is 5.21. The van der Waals surface area contributed by atoms with E-state index in [1.165, 1.54) is 12.1 Å². The molecule has 0 saturated heterocycles. The van der Waals surface area contributed by atoms with Gasteiger partial charge in [-0.2, -0.15) is 4.98 Å². The van der Waals surface area contributed by atoms with Gasteiger partial charge < -0.3 is 10.1 Å². The van der Waals surface area contributed by atoms with Crippen LogP contribution in [0.4, 0.5) is 11.5 Å². The van der Waals surface area contributed by atoms with Crippen LogP contribution >= 0.6 is 15.9 Å². The summed E-state index contributed by atoms with van der Waals surface area (Å²) >= 11 is 3.34. The Morgan fingerprint density at radius 2 is 2.19 bits per heavy atom. The van der Waals surface area contributed by atoms with Gasteiger partial charge in [-0.3, -0.25) is 10.1 Å². The third kappa shape index (κ3) is 4.42. The molecule has 1 N–H and O–H groups in total. The molecule has 0 atom stereocenters. The van der Waals surface area contributed by atoms with Crippen molar-refractivity contribution < 1.29 is 9.66 Å². The molecule has 0 amide bonds. The van der Waals surface area contributed by atoms with Gasteiger partial charge in [0, 0.05) is 11.0 Å². The quantitative estimate of drug-likeness (QED) is 0.617. The van der Waals surface area contributed by atoms with Crippen LogP contribution in [0.3, 0.4) is 0 Å². The molecule has 0 spiro atoms. The van der Waals surface area contributed by atoms with E-state index in [1.54, 1.807) is 12.1 Å². The predicted molar refractivity (Wildman–Crippen MR) is 83.9 cm³/mol. The summed E-state index contributed by atoms with van der Waals surface area (Å²) in [5.41, 5.74) is -0.0615. The highest BCUT2D eigenvalue weighted by molar-refractivity contribution is 9.10. The molecule has 1 aromatic heterocycles. The molecule has 0 radical (unpaired) electrons. The third-order valence-corrected chi connectivity index (χ3v) is 3.07. The fourth-order valence-electron chi connectivity index (χ4n) is 1.64. The molecule has 7 heteroatoms. The summed E-state index contributed by atoms with van der Waals surface area (Å²) in [5.74, 6) is 1.16. The maximum Gasteiger partial charge on any atom is 0.278 e. The van der Waals surface area contributed by atoms with E-state index in [0.717, 1.165) is 10.9 Å². The summed E-state index contributed by atoms with van der Waals surface area (Å²) in [4.78, 5) is 14.7. The number of nitro groups is 1. The predicted octanol–water partition coefficient (Wildman–Crippen LogP) is 4.37. The molecular formula is C14H14BrN3O3. The van der Waals surface area contributed by atoms with Crippen molar-refractivity contribution >= 4 is 27.4 Å². The van der Waals surface area contributed by atoms with Crippen LogP contribution in [-0.4, -0.2) is 16.5 Å². The van der Waals surface area contributed by atoms with Crippen LogP contribution in [-0.2, 0) is 0 Å². The maximum atomic E-state index is 11.0. The van der Waals surface area contributed by atoms with Crippen LogP contribution in [0, 0.1) is 10.1 Å². The number of nitrogens with one attached hydrogen (secondary N) is 1. The summed E-state index contributed by atoms with van der Waals surface area (Å²) in [6, 6.07) is 9.89. The summed E-state index contributed by atoms with van der Waals surface area (Å²) in [6.45, 7) is 2.69. The van der Waals surface area contributed by atoms with E-state index in [2.05, 4.69) is 26.2 Å². The second-order valence-electron chi connectivity index (χ2n) is 4.29. The first-order valence-electron chi connectivity index (χ1n) is 6.42. The molecule has 1 aromatic carbocycles. The summed E-state index contributed by atoms with van der Waals surface area (Å²) in [7, 11) is 0. The Morgan fingerprint density at radius 1 is 1.38 bits per heavy atom. The van der Waals surface area contributed by atoms with Crippen molar-refractivity contribution in [1.82, 2.24) is 4.98 Å². The molecule has 0 aliphatic carbocycles. The van der Waals surface area contributed by atoms with E-state index in [0.29, 0.717) is 18.1 Å². The minimum Gasteiger partial charge on any atom is -0.439 e. The fraction of sp³-hybridized carbons (Fsp3) is 0.214. The smallest absolute Gasteiger partial charge is 0.278 e. The molecular weight excluding hydrogens is 338 g/mol. The molecule has 0 aliphatic heterocycles. The van der Waals surface area contributed by atoms with Crippen LogP contribution in [0.2, 0.25) is 0 Å². The van der Waals surface area contributed by atoms with Crippen molar-refractivity contribution in [3.63, 3.8) is 0 Å². The number of pyridine rings is 1. The van der Waals surface area contributed by atoms with Gasteiger partial charge in [0.25, 0.3) is 5.69 Å². The van der Waals surface area contributed by atoms with Crippen LogP contribution in [0.15, 0.2) is 40.9 Å². The Labute approximate surface area is 130 Å². The average molecular weight is 352 g/mol. The van der Waals surface area contributed by atoms with Gasteiger partial charge in [-0.25, -0.2) is 0 Å². The van der Waals surface area contributed by atoms with Gasteiger partial charge in [0.2, 0.25) is 5.88 Å². The van der Waals surface area contributed by atoms with E-state index < -0.39 is 4.92 Å². The maximum absolute atomic E-state index is 11.0. The van der Waals surface area contributed by atoms with Crippen LogP contribution in [0.25, 0.3) is 0 Å². The first-order chi connectivity index (χ1) is 10.1. The number of hydrogen-bond donors (Lipinski definition) is 1. The van der Waals surface area contributed by atoms with E-state index in [4.69, 9.17) is 4.74 Å². The summed E-state index contributed by atoms with van der Waals surface area (Å²) in [6.07, 6.45) is 0.895. The molecule has 6 nitrogen and oxygen atoms in total. The van der Waals surface area contributed by atoms with Crippen molar-refractivity contribution in [1.29, 1.82) is 0 Å². The van der Waals surface area contributed by atoms with Crippen LogP contribution in [0.1, 0.15) is 13.3 Å². The highest BCUT2D eigenvalue weighted by Gasteiger charge is 2.12. The largest absolute Gasteiger partial charge is 0.439 e. The number of halogens is 1. The highest BCUT2D eigenvalue weighted by atomic mass is 79.9. The zero-order valence-electron chi connectivity index (χ0n) is 11.4. The van der Waals surface area contributed by atoms with Crippen molar-refractivity contribution in [2.45, 2.75) is 13.3 Å². The zero-order valence-corrected chi connectivity index (χ0v) is 13.0. The van der Waals surface area contributed by atoms with Crippen molar-refractivity contribution in [2.24, 2.45) is 0 Å². The number of benzene rings is 1. The number of rotatable bonds is 6. The van der Waals surface area contributed by atoms with E-state index in [9.17, 15) is 10.1 Å². The number of hydrogen-bond acceptors (Lipinski definition) is 5. The monoisotopic (exact) mass is 351 g/mol. The van der Waals surface area contributed by atoms with Gasteiger partial charge in [0.1, 0.15) is 11.6 Å². The molecule has 0 unspecified atom stereocenters. The molecule has 110 valence electrons. The molecule has 21 heavy (non-hydrogen) atoms. The number of ether oxygens (including phenoxy) is 1. The van der Waals surface area contributed by atoms with Crippen LogP contribution < -0.4 is 10.1 Å². The van der Waals surface area contributed by atoms with Gasteiger partial charge >= 0.3 is 0 Å². The molecule has 0 saturated carbocycles. The van der Waals surface area contributed by atoms with Crippen molar-refractivity contribution in [3.8, 4) is 11.6 Å². The van der Waals surface area contributed by atoms with E-state index in [-0.39, 0.29) is 11.6 Å². The van der Waals surface area contributed by atoms with Crippen LogP contribution in [0.5, 0.6) is 11.6 Å². The van der Waals surface area contributed by atoms with Gasteiger partial charge in [-0.15, -0.1) is 0 Å². The molecule has 2 aromatic rings. The van der Waals surface area contributed by atoms with Gasteiger partial charge in [0.05, 0.1) is 17.1 Å². The fourth-order valence-corrected chi connectivity index (χ4v) is 2.02.